The van der Waals surface area contributed by atoms with E-state index >= 15 is 0 Å². The summed E-state index contributed by atoms with van der Waals surface area (Å²) in [5.74, 6) is 0.998. The van der Waals surface area contributed by atoms with Gasteiger partial charge in [-0.1, -0.05) is 62.7 Å². The van der Waals surface area contributed by atoms with Gasteiger partial charge in [0.05, 0.1) is 5.56 Å². The molecule has 0 aliphatic rings. The van der Waals surface area contributed by atoms with E-state index in [0.29, 0.717) is 17.2 Å². The van der Waals surface area contributed by atoms with Crippen molar-refractivity contribution in [2.75, 3.05) is 0 Å². The number of hydrogen-bond donors (Lipinski definition) is 0. The molecule has 0 heterocycles. The van der Waals surface area contributed by atoms with Crippen molar-refractivity contribution in [1.82, 2.24) is 0 Å². The molecular weight excluding hydrogens is 356 g/mol. The average molecular weight is 387 g/mol. The molecule has 3 aromatic carbocycles. The standard InChI is InChI=1S/C27H30O2/c1-6-18(2)15-22-7-9-23(10-8-22)24-11-13-25(14-12-24)27(28)29-26-17-20(4)19(3)16-21(26)5/h7-14,16-18H,6,15H2,1-5H3. The highest BCUT2D eigenvalue weighted by Crippen LogP contribution is 2.25. The van der Waals surface area contributed by atoms with Gasteiger partial charge in [0.15, 0.2) is 0 Å². The number of benzene rings is 3. The molecule has 0 amide bonds. The number of aryl methyl sites for hydroxylation is 3. The Labute approximate surface area is 174 Å². The molecule has 29 heavy (non-hydrogen) atoms. The van der Waals surface area contributed by atoms with Crippen LogP contribution >= 0.6 is 0 Å². The topological polar surface area (TPSA) is 26.3 Å². The van der Waals surface area contributed by atoms with Crippen molar-refractivity contribution in [2.24, 2.45) is 5.92 Å². The Kier molecular flexibility index (Phi) is 6.53. The lowest BCUT2D eigenvalue weighted by Crippen LogP contribution is -2.09. The van der Waals surface area contributed by atoms with Gasteiger partial charge < -0.3 is 4.74 Å². The maximum atomic E-state index is 12.6. The minimum absolute atomic E-state index is 0.327. The molecule has 0 aromatic heterocycles. The van der Waals surface area contributed by atoms with E-state index in [1.807, 2.05) is 50.2 Å². The molecule has 1 unspecified atom stereocenters. The predicted molar refractivity (Wildman–Crippen MR) is 121 cm³/mol. The van der Waals surface area contributed by atoms with E-state index in [0.717, 1.165) is 28.7 Å². The van der Waals surface area contributed by atoms with Crippen LogP contribution in [0.4, 0.5) is 0 Å². The van der Waals surface area contributed by atoms with Crippen LogP contribution in [0.1, 0.15) is 52.9 Å². The van der Waals surface area contributed by atoms with E-state index in [1.165, 1.54) is 17.5 Å². The minimum atomic E-state index is -0.327. The number of carbonyl (C=O) groups excluding carboxylic acids is 1. The summed E-state index contributed by atoms with van der Waals surface area (Å²) in [5.41, 5.74) is 7.46. The van der Waals surface area contributed by atoms with Gasteiger partial charge in [0, 0.05) is 0 Å². The molecule has 0 fully saturated rings. The quantitative estimate of drug-likeness (QED) is 0.334. The van der Waals surface area contributed by atoms with Crippen LogP contribution in [0.25, 0.3) is 11.1 Å². The molecule has 2 heteroatoms. The summed E-state index contributed by atoms with van der Waals surface area (Å²) in [6.07, 6.45) is 2.31. The van der Waals surface area contributed by atoms with Crippen molar-refractivity contribution < 1.29 is 9.53 Å². The molecule has 0 bridgehead atoms. The van der Waals surface area contributed by atoms with E-state index in [-0.39, 0.29) is 5.97 Å². The first-order chi connectivity index (χ1) is 13.9. The fraction of sp³-hybridized carbons (Fsp3) is 0.296. The summed E-state index contributed by atoms with van der Waals surface area (Å²) in [4.78, 5) is 12.6. The third-order valence-electron chi connectivity index (χ3n) is 5.68. The van der Waals surface area contributed by atoms with Crippen LogP contribution in [0.2, 0.25) is 0 Å². The first-order valence-electron chi connectivity index (χ1n) is 10.4. The van der Waals surface area contributed by atoms with Gasteiger partial charge in [0.25, 0.3) is 0 Å². The van der Waals surface area contributed by atoms with Crippen molar-refractivity contribution in [2.45, 2.75) is 47.5 Å². The Morgan fingerprint density at radius 3 is 1.97 bits per heavy atom. The number of esters is 1. The van der Waals surface area contributed by atoms with Crippen LogP contribution in [-0.2, 0) is 6.42 Å². The summed E-state index contributed by atoms with van der Waals surface area (Å²) >= 11 is 0. The first kappa shape index (κ1) is 20.9. The van der Waals surface area contributed by atoms with E-state index in [9.17, 15) is 4.79 Å². The number of carbonyl (C=O) groups is 1. The number of hydrogen-bond acceptors (Lipinski definition) is 2. The van der Waals surface area contributed by atoms with E-state index in [4.69, 9.17) is 4.74 Å². The molecule has 0 N–H and O–H groups in total. The molecule has 0 aliphatic carbocycles. The zero-order valence-corrected chi connectivity index (χ0v) is 18.1. The SMILES string of the molecule is CCC(C)Cc1ccc(-c2ccc(C(=O)Oc3cc(C)c(C)cc3C)cc2)cc1. The Morgan fingerprint density at radius 2 is 1.38 bits per heavy atom. The highest BCUT2D eigenvalue weighted by atomic mass is 16.5. The van der Waals surface area contributed by atoms with Crippen molar-refractivity contribution in [1.29, 1.82) is 0 Å². The fourth-order valence-electron chi connectivity index (χ4n) is 3.38. The second-order valence-corrected chi connectivity index (χ2v) is 8.08. The molecule has 3 aromatic rings. The maximum absolute atomic E-state index is 12.6. The minimum Gasteiger partial charge on any atom is -0.423 e. The van der Waals surface area contributed by atoms with Gasteiger partial charge in [-0.05, 0) is 84.7 Å². The second-order valence-electron chi connectivity index (χ2n) is 8.08. The van der Waals surface area contributed by atoms with Crippen molar-refractivity contribution in [3.05, 3.63) is 88.5 Å². The predicted octanol–water partition coefficient (Wildman–Crippen LogP) is 7.09. The van der Waals surface area contributed by atoms with E-state index < -0.39 is 0 Å². The lowest BCUT2D eigenvalue weighted by atomic mass is 9.96. The molecule has 1 atom stereocenters. The van der Waals surface area contributed by atoms with Crippen molar-refractivity contribution in [3.63, 3.8) is 0 Å². The lowest BCUT2D eigenvalue weighted by Gasteiger charge is -2.11. The molecule has 0 saturated carbocycles. The normalized spacial score (nSPS) is 11.9. The molecule has 150 valence electrons. The largest absolute Gasteiger partial charge is 0.423 e. The van der Waals surface area contributed by atoms with E-state index in [2.05, 4.69) is 45.0 Å². The van der Waals surface area contributed by atoms with Crippen LogP contribution in [0.15, 0.2) is 60.7 Å². The molecular formula is C27H30O2. The zero-order chi connectivity index (χ0) is 21.0. The average Bonchev–Trinajstić information content (AvgIpc) is 2.72. The Hall–Kier alpha value is -2.87. The highest BCUT2D eigenvalue weighted by molar-refractivity contribution is 5.91. The van der Waals surface area contributed by atoms with Gasteiger partial charge in [0.2, 0.25) is 0 Å². The molecule has 3 rings (SSSR count). The molecule has 0 saturated heterocycles. The summed E-state index contributed by atoms with van der Waals surface area (Å²) < 4.78 is 5.64. The Balaban J connectivity index is 1.71. The van der Waals surface area contributed by atoms with Crippen LogP contribution in [0, 0.1) is 26.7 Å². The molecule has 0 spiro atoms. The molecule has 0 aliphatic heterocycles. The number of ether oxygens (including phenoxy) is 1. The van der Waals surface area contributed by atoms with Gasteiger partial charge in [-0.15, -0.1) is 0 Å². The maximum Gasteiger partial charge on any atom is 0.343 e. The Morgan fingerprint density at radius 1 is 0.828 bits per heavy atom. The molecule has 0 radical (unpaired) electrons. The van der Waals surface area contributed by atoms with Gasteiger partial charge in [0.1, 0.15) is 5.75 Å². The molecule has 2 nitrogen and oxygen atoms in total. The highest BCUT2D eigenvalue weighted by Gasteiger charge is 2.12. The van der Waals surface area contributed by atoms with Gasteiger partial charge in [-0.3, -0.25) is 0 Å². The summed E-state index contributed by atoms with van der Waals surface area (Å²) in [7, 11) is 0. The van der Waals surface area contributed by atoms with Crippen LogP contribution in [-0.4, -0.2) is 5.97 Å². The van der Waals surface area contributed by atoms with Crippen LogP contribution in [0.3, 0.4) is 0 Å². The zero-order valence-electron chi connectivity index (χ0n) is 18.1. The third-order valence-corrected chi connectivity index (χ3v) is 5.68. The lowest BCUT2D eigenvalue weighted by molar-refractivity contribution is 0.0733. The Bertz CT molecular complexity index is 982. The smallest absolute Gasteiger partial charge is 0.343 e. The summed E-state index contributed by atoms with van der Waals surface area (Å²) in [5, 5.41) is 0. The summed E-state index contributed by atoms with van der Waals surface area (Å²) in [6, 6.07) is 20.3. The number of rotatable bonds is 6. The van der Waals surface area contributed by atoms with E-state index in [1.54, 1.807) is 0 Å². The van der Waals surface area contributed by atoms with Crippen molar-refractivity contribution in [3.8, 4) is 16.9 Å². The third kappa shape index (κ3) is 5.14. The van der Waals surface area contributed by atoms with Gasteiger partial charge in [-0.25, -0.2) is 4.79 Å². The van der Waals surface area contributed by atoms with Gasteiger partial charge in [-0.2, -0.15) is 0 Å². The summed E-state index contributed by atoms with van der Waals surface area (Å²) in [6.45, 7) is 10.6. The second kappa shape index (κ2) is 9.09. The van der Waals surface area contributed by atoms with Gasteiger partial charge >= 0.3 is 5.97 Å². The first-order valence-corrected chi connectivity index (χ1v) is 10.4. The monoisotopic (exact) mass is 386 g/mol. The van der Waals surface area contributed by atoms with Crippen molar-refractivity contribution >= 4 is 5.97 Å². The van der Waals surface area contributed by atoms with Crippen LogP contribution < -0.4 is 4.74 Å². The van der Waals surface area contributed by atoms with Crippen LogP contribution in [0.5, 0.6) is 5.75 Å². The fourth-order valence-corrected chi connectivity index (χ4v) is 3.38.